The summed E-state index contributed by atoms with van der Waals surface area (Å²) in [6.45, 7) is 0.305. The predicted molar refractivity (Wildman–Crippen MR) is 73.9 cm³/mol. The van der Waals surface area contributed by atoms with Gasteiger partial charge in [0.05, 0.1) is 18.7 Å². The molecule has 0 saturated heterocycles. The fraction of sp³-hybridized carbons (Fsp3) is 0.533. The smallest absolute Gasteiger partial charge is 0.309 e. The Morgan fingerprint density at radius 3 is 2.68 bits per heavy atom. The molecule has 0 spiro atoms. The number of ether oxygens (including phenoxy) is 2. The molecule has 104 valence electrons. The Morgan fingerprint density at radius 2 is 1.95 bits per heavy atom. The van der Waals surface area contributed by atoms with Crippen molar-refractivity contribution in [2.45, 2.75) is 44.6 Å². The number of hydrogen-bond donors (Lipinski definition) is 1. The Labute approximate surface area is 113 Å². The molecular formula is C15H21NO3. The van der Waals surface area contributed by atoms with Gasteiger partial charge in [-0.05, 0) is 37.8 Å². The second kappa shape index (κ2) is 7.02. The number of carbonyl (C=O) groups excluding carboxylic acids is 1. The van der Waals surface area contributed by atoms with E-state index in [0.717, 1.165) is 25.7 Å². The highest BCUT2D eigenvalue weighted by Gasteiger charge is 2.17. The molecule has 2 rings (SSSR count). The molecule has 0 bridgehead atoms. The molecule has 19 heavy (non-hydrogen) atoms. The van der Waals surface area contributed by atoms with E-state index in [1.54, 1.807) is 12.1 Å². The first-order valence-electron chi connectivity index (χ1n) is 6.92. The van der Waals surface area contributed by atoms with Crippen LogP contribution in [0.1, 0.15) is 38.5 Å². The van der Waals surface area contributed by atoms with Gasteiger partial charge >= 0.3 is 5.97 Å². The summed E-state index contributed by atoms with van der Waals surface area (Å²) in [7, 11) is 0. The van der Waals surface area contributed by atoms with Crippen LogP contribution < -0.4 is 10.5 Å². The van der Waals surface area contributed by atoms with E-state index in [9.17, 15) is 4.79 Å². The third-order valence-corrected chi connectivity index (χ3v) is 3.33. The average molecular weight is 263 g/mol. The van der Waals surface area contributed by atoms with Gasteiger partial charge in [-0.25, -0.2) is 0 Å². The molecule has 0 unspecified atom stereocenters. The van der Waals surface area contributed by atoms with Gasteiger partial charge in [-0.2, -0.15) is 0 Å². The van der Waals surface area contributed by atoms with Crippen molar-refractivity contribution in [3.63, 3.8) is 0 Å². The molecule has 1 aliphatic carbocycles. The fourth-order valence-electron chi connectivity index (χ4n) is 2.28. The molecule has 0 aliphatic heterocycles. The largest absolute Gasteiger partial charge is 0.491 e. The summed E-state index contributed by atoms with van der Waals surface area (Å²) >= 11 is 0. The maximum Gasteiger partial charge on any atom is 0.309 e. The topological polar surface area (TPSA) is 61.5 Å². The van der Waals surface area contributed by atoms with E-state index in [1.165, 1.54) is 6.42 Å². The molecule has 1 aromatic rings. The average Bonchev–Trinajstić information content (AvgIpc) is 2.42. The van der Waals surface area contributed by atoms with E-state index >= 15 is 0 Å². The van der Waals surface area contributed by atoms with Gasteiger partial charge in [0.15, 0.2) is 0 Å². The van der Waals surface area contributed by atoms with E-state index < -0.39 is 0 Å². The lowest BCUT2D eigenvalue weighted by Gasteiger charge is -2.21. The molecule has 1 aromatic carbocycles. The minimum absolute atomic E-state index is 0.114. The number of nitrogens with two attached hydrogens (primary N) is 1. The summed E-state index contributed by atoms with van der Waals surface area (Å²) in [6.07, 6.45) is 5.96. The van der Waals surface area contributed by atoms with Crippen LogP contribution in [0.3, 0.4) is 0 Å². The molecule has 0 radical (unpaired) electrons. The summed E-state index contributed by atoms with van der Waals surface area (Å²) in [5.74, 6) is 0.439. The molecule has 4 nitrogen and oxygen atoms in total. The number of hydrogen-bond acceptors (Lipinski definition) is 4. The molecule has 2 N–H and O–H groups in total. The van der Waals surface area contributed by atoms with Crippen LogP contribution in [0.4, 0.5) is 5.69 Å². The Morgan fingerprint density at radius 1 is 1.21 bits per heavy atom. The summed E-state index contributed by atoms with van der Waals surface area (Å²) in [6, 6.07) is 7.27. The molecular weight excluding hydrogens is 242 g/mol. The van der Waals surface area contributed by atoms with Gasteiger partial charge in [-0.3, -0.25) is 4.79 Å². The number of carbonyl (C=O) groups is 1. The van der Waals surface area contributed by atoms with Crippen molar-refractivity contribution in [1.29, 1.82) is 0 Å². The zero-order valence-electron chi connectivity index (χ0n) is 11.1. The number of rotatable bonds is 5. The zero-order valence-corrected chi connectivity index (χ0v) is 11.1. The first-order valence-corrected chi connectivity index (χ1v) is 6.92. The van der Waals surface area contributed by atoms with Crippen LogP contribution in [0, 0.1) is 0 Å². The van der Waals surface area contributed by atoms with Crippen molar-refractivity contribution in [3.8, 4) is 5.75 Å². The highest BCUT2D eigenvalue weighted by molar-refractivity contribution is 5.69. The van der Waals surface area contributed by atoms with E-state index in [0.29, 0.717) is 18.0 Å². The van der Waals surface area contributed by atoms with Crippen LogP contribution >= 0.6 is 0 Å². The lowest BCUT2D eigenvalue weighted by Crippen LogP contribution is -2.22. The highest BCUT2D eigenvalue weighted by atomic mass is 16.5. The Balaban J connectivity index is 1.67. The number of benzene rings is 1. The van der Waals surface area contributed by atoms with Gasteiger partial charge in [0.2, 0.25) is 0 Å². The first kappa shape index (κ1) is 13.7. The van der Waals surface area contributed by atoms with Crippen molar-refractivity contribution in [2.24, 2.45) is 0 Å². The van der Waals surface area contributed by atoms with Crippen LogP contribution in [0.25, 0.3) is 0 Å². The lowest BCUT2D eigenvalue weighted by molar-refractivity contribution is -0.151. The van der Waals surface area contributed by atoms with Crippen LogP contribution in [0.15, 0.2) is 24.3 Å². The van der Waals surface area contributed by atoms with Gasteiger partial charge in [-0.15, -0.1) is 0 Å². The second-order valence-electron chi connectivity index (χ2n) is 4.89. The van der Waals surface area contributed by atoms with Gasteiger partial charge < -0.3 is 15.2 Å². The van der Waals surface area contributed by atoms with Crippen LogP contribution in [-0.4, -0.2) is 18.7 Å². The minimum Gasteiger partial charge on any atom is -0.491 e. The molecule has 0 amide bonds. The van der Waals surface area contributed by atoms with Gasteiger partial charge in [-0.1, -0.05) is 18.6 Å². The quantitative estimate of drug-likeness (QED) is 0.655. The Kier molecular flexibility index (Phi) is 5.07. The van der Waals surface area contributed by atoms with Crippen LogP contribution in [0.5, 0.6) is 5.75 Å². The molecule has 4 heteroatoms. The first-order chi connectivity index (χ1) is 9.25. The second-order valence-corrected chi connectivity index (χ2v) is 4.89. The number of nitrogen functional groups attached to an aromatic ring is 1. The minimum atomic E-state index is -0.179. The number of para-hydroxylation sites is 2. The van der Waals surface area contributed by atoms with Crippen LogP contribution in [-0.2, 0) is 9.53 Å². The van der Waals surface area contributed by atoms with Gasteiger partial charge in [0, 0.05) is 0 Å². The molecule has 1 fully saturated rings. The standard InChI is InChI=1S/C15H21NO3/c16-13-8-4-5-9-14(13)18-11-10-15(17)19-12-6-2-1-3-7-12/h4-5,8-9,12H,1-3,6-7,10-11,16H2. The summed E-state index contributed by atoms with van der Waals surface area (Å²) < 4.78 is 10.9. The Bertz CT molecular complexity index is 414. The third kappa shape index (κ3) is 4.47. The molecule has 0 atom stereocenters. The Hall–Kier alpha value is -1.71. The third-order valence-electron chi connectivity index (χ3n) is 3.33. The normalized spacial score (nSPS) is 16.0. The fourth-order valence-corrected chi connectivity index (χ4v) is 2.28. The van der Waals surface area contributed by atoms with Gasteiger partial charge in [0.25, 0.3) is 0 Å². The maximum atomic E-state index is 11.7. The van der Waals surface area contributed by atoms with Crippen molar-refractivity contribution in [1.82, 2.24) is 0 Å². The molecule has 1 aliphatic rings. The van der Waals surface area contributed by atoms with Crippen molar-refractivity contribution >= 4 is 11.7 Å². The molecule has 1 saturated carbocycles. The van der Waals surface area contributed by atoms with Crippen molar-refractivity contribution in [2.75, 3.05) is 12.3 Å². The zero-order chi connectivity index (χ0) is 13.5. The highest BCUT2D eigenvalue weighted by Crippen LogP contribution is 2.21. The number of anilines is 1. The van der Waals surface area contributed by atoms with E-state index in [-0.39, 0.29) is 18.5 Å². The molecule has 0 aromatic heterocycles. The van der Waals surface area contributed by atoms with E-state index in [1.807, 2.05) is 12.1 Å². The summed E-state index contributed by atoms with van der Waals surface area (Å²) in [4.78, 5) is 11.7. The van der Waals surface area contributed by atoms with Gasteiger partial charge in [0.1, 0.15) is 11.9 Å². The number of esters is 1. The van der Waals surface area contributed by atoms with Crippen molar-refractivity contribution in [3.05, 3.63) is 24.3 Å². The summed E-state index contributed by atoms with van der Waals surface area (Å²) in [5, 5.41) is 0. The van der Waals surface area contributed by atoms with Crippen molar-refractivity contribution < 1.29 is 14.3 Å². The molecule has 0 heterocycles. The lowest BCUT2D eigenvalue weighted by atomic mass is 9.98. The van der Waals surface area contributed by atoms with E-state index in [4.69, 9.17) is 15.2 Å². The predicted octanol–water partition coefficient (Wildman–Crippen LogP) is 2.91. The summed E-state index contributed by atoms with van der Waals surface area (Å²) in [5.41, 5.74) is 6.33. The maximum absolute atomic E-state index is 11.7. The van der Waals surface area contributed by atoms with Crippen LogP contribution in [0.2, 0.25) is 0 Å². The monoisotopic (exact) mass is 263 g/mol. The SMILES string of the molecule is Nc1ccccc1OCCC(=O)OC1CCCCC1. The van der Waals surface area contributed by atoms with E-state index in [2.05, 4.69) is 0 Å².